The normalized spacial score (nSPS) is 24.1. The predicted molar refractivity (Wildman–Crippen MR) is 597 cm³/mol. The molecule has 31 heteroatoms. The number of hydrogen-bond acceptors (Lipinski definition) is 31. The van der Waals surface area contributed by atoms with E-state index < -0.39 is 0 Å². The third-order valence-electron chi connectivity index (χ3n) is 31.2. The van der Waals surface area contributed by atoms with Crippen molar-refractivity contribution in [3.05, 3.63) is 0 Å². The Morgan fingerprint density at radius 3 is 0.594 bits per heavy atom. The van der Waals surface area contributed by atoms with Crippen molar-refractivity contribution in [2.75, 3.05) is 176 Å². The van der Waals surface area contributed by atoms with Crippen LogP contribution in [0.25, 0.3) is 0 Å². The lowest BCUT2D eigenvalue weighted by atomic mass is 9.79. The van der Waals surface area contributed by atoms with E-state index in [0.29, 0.717) is 63.9 Å². The van der Waals surface area contributed by atoms with Crippen molar-refractivity contribution in [3.63, 3.8) is 0 Å². The smallest absolute Gasteiger partial charge is 0.232 e. The largest absolute Gasteiger partial charge is 0.354 e. The van der Waals surface area contributed by atoms with E-state index in [1.54, 1.807) is 0 Å². The van der Waals surface area contributed by atoms with Gasteiger partial charge in [0.2, 0.25) is 53.5 Å². The zero-order chi connectivity index (χ0) is 104. The molecule has 0 atom stereocenters. The standard InChI is InChI=1S/C112H213N27O4/c1-31-37-61-134(83-67-100(7,8)126-101(9,10)68-83)94-117-91(118-95(123-94)135(62-38-32-2)84-69-102(11,12)127-103(13,14)70-84)114-52-46-58-132(57-45-51-113)55-43-49-89-140-79-112(80-141-89)81-142-90(143-82-112)50-44-56-133(59-47-53-115-92-119-96(136(63-39-33-3)85-71-104(15,16)128-105(17,18)72-85)124-97(120-92)137(64-40-34-4)86-73-106(19,20)129-107(21,22)74-86)60-48-54-116-93-121-98(138(65-41-35-5)87-75-108(23,24)130-109(25,26)76-87)125-99(122-93)139(66-42-36-6)88-77-110(27,28)131-111(29,30)78-88/h83-90,126-131H,31-82,113H2,1-30H3,(H,114,117,118,123)(H,115,119,120,124)(H,116,121,122,125). The first-order valence-electron chi connectivity index (χ1n) is 57.6. The fourth-order valence-electron chi connectivity index (χ4n) is 26.9. The molecule has 1 spiro atoms. The molecule has 0 unspecified atom stereocenters. The first-order valence-corrected chi connectivity index (χ1v) is 57.6. The highest BCUT2D eigenvalue weighted by atomic mass is 16.7. The number of nitrogens with one attached hydrogen (secondary N) is 9. The molecule has 8 saturated heterocycles. The lowest BCUT2D eigenvalue weighted by Crippen LogP contribution is -2.63. The van der Waals surface area contributed by atoms with Crippen LogP contribution >= 0.6 is 0 Å². The Bertz CT molecular complexity index is 3820. The number of rotatable bonds is 56. The molecule has 0 bridgehead atoms. The van der Waals surface area contributed by atoms with E-state index >= 15 is 0 Å². The number of nitrogens with zero attached hydrogens (tertiary/aromatic N) is 17. The third-order valence-corrected chi connectivity index (χ3v) is 31.2. The fraction of sp³-hybridized carbons (Fsp3) is 0.920. The molecule has 11 rings (SSSR count). The van der Waals surface area contributed by atoms with E-state index in [0.717, 1.165) is 326 Å². The van der Waals surface area contributed by atoms with Crippen LogP contribution < -0.4 is 83.0 Å². The van der Waals surface area contributed by atoms with Crippen LogP contribution in [0.3, 0.4) is 0 Å². The van der Waals surface area contributed by atoms with Crippen molar-refractivity contribution in [1.29, 1.82) is 0 Å². The summed E-state index contributed by atoms with van der Waals surface area (Å²) < 4.78 is 26.8. The summed E-state index contributed by atoms with van der Waals surface area (Å²) in [5, 5.41) is 35.4. The number of unbranched alkanes of at least 4 members (excludes halogenated alkanes) is 6. The van der Waals surface area contributed by atoms with Gasteiger partial charge in [-0.1, -0.05) is 80.1 Å². The van der Waals surface area contributed by atoms with Gasteiger partial charge in [-0.2, -0.15) is 44.9 Å². The number of piperidine rings is 6. The summed E-state index contributed by atoms with van der Waals surface area (Å²) in [6.45, 7) is 86.0. The number of hydrogen-bond donors (Lipinski definition) is 10. The highest BCUT2D eigenvalue weighted by Crippen LogP contribution is 2.44. The van der Waals surface area contributed by atoms with Crippen molar-refractivity contribution in [2.24, 2.45) is 11.1 Å². The molecule has 0 radical (unpaired) electrons. The molecule has 8 aliphatic heterocycles. The van der Waals surface area contributed by atoms with Crippen LogP contribution in [0.1, 0.15) is 413 Å². The Balaban J connectivity index is 0.770. The minimum absolute atomic E-state index is 0.0375. The van der Waals surface area contributed by atoms with E-state index in [1.165, 1.54) is 0 Å². The van der Waals surface area contributed by atoms with Crippen LogP contribution in [0.5, 0.6) is 0 Å². The number of nitrogens with two attached hydrogens (primary N) is 1. The molecule has 0 aliphatic carbocycles. The minimum atomic E-state index is -0.364. The monoisotopic (exact) mass is 2000 g/mol. The quantitative estimate of drug-likeness (QED) is 0.0235. The Morgan fingerprint density at radius 2 is 0.420 bits per heavy atom. The average Bonchev–Trinajstić information content (AvgIpc) is 0.786. The van der Waals surface area contributed by atoms with Gasteiger partial charge in [0.05, 0.1) is 31.8 Å². The molecule has 8 fully saturated rings. The second kappa shape index (κ2) is 51.2. The fourth-order valence-corrected chi connectivity index (χ4v) is 26.9. The average molecular weight is 2000 g/mol. The van der Waals surface area contributed by atoms with Gasteiger partial charge in [-0.15, -0.1) is 0 Å². The van der Waals surface area contributed by atoms with Crippen LogP contribution in [0.4, 0.5) is 53.5 Å². The molecule has 0 saturated carbocycles. The van der Waals surface area contributed by atoms with Crippen LogP contribution in [-0.2, 0) is 18.9 Å². The Morgan fingerprint density at radius 1 is 0.245 bits per heavy atom. The van der Waals surface area contributed by atoms with Gasteiger partial charge in [-0.3, -0.25) is 0 Å². The van der Waals surface area contributed by atoms with Crippen LogP contribution in [0.2, 0.25) is 0 Å². The van der Waals surface area contributed by atoms with E-state index in [1.807, 2.05) is 0 Å². The van der Waals surface area contributed by atoms with Gasteiger partial charge in [0.1, 0.15) is 0 Å². The van der Waals surface area contributed by atoms with Crippen LogP contribution in [0, 0.1) is 5.41 Å². The summed E-state index contributed by atoms with van der Waals surface area (Å²) in [5.74, 6) is 6.74. The van der Waals surface area contributed by atoms with Crippen LogP contribution in [0.15, 0.2) is 0 Å². The van der Waals surface area contributed by atoms with Gasteiger partial charge in [-0.25, -0.2) is 0 Å². The maximum absolute atomic E-state index is 6.75. The summed E-state index contributed by atoms with van der Waals surface area (Å²) >= 11 is 0. The maximum atomic E-state index is 6.75. The van der Waals surface area contributed by atoms with Crippen molar-refractivity contribution < 1.29 is 18.9 Å². The minimum Gasteiger partial charge on any atom is -0.354 e. The van der Waals surface area contributed by atoms with Crippen molar-refractivity contribution in [2.45, 2.75) is 528 Å². The molecule has 3 aromatic heterocycles. The maximum Gasteiger partial charge on any atom is 0.232 e. The van der Waals surface area contributed by atoms with Crippen molar-refractivity contribution in [1.82, 2.24) is 86.6 Å². The lowest BCUT2D eigenvalue weighted by Gasteiger charge is -2.50. The summed E-state index contributed by atoms with van der Waals surface area (Å²) in [7, 11) is 0. The molecule has 8 aliphatic rings. The highest BCUT2D eigenvalue weighted by molar-refractivity contribution is 5.51. The summed E-state index contributed by atoms with van der Waals surface area (Å²) in [6, 6.07) is 1.55. The molecule has 0 amide bonds. The SMILES string of the molecule is CCCCN(c1nc(NCCCN(CCCN)CCCC2OCC3(CO2)COC(CCCN(CCCNc2nc(N(CCCC)C4CC(C)(C)NC(C)(C)C4)nc(N(CCCC)C4CC(C)(C)NC(C)(C)C4)n2)CCCNc2nc(N(CCCC)C4CC(C)(C)NC(C)(C)C4)nc(N(CCCC)C4CC(C)(C)NC(C)(C)C4)n2)OC3)nc(N(CCCC)C2CC(C)(C)NC(C)(C)C2)n1)C1CC(C)(C)NC(C)(C)C1. The van der Waals surface area contributed by atoms with E-state index in [-0.39, 0.29) is 121 Å². The van der Waals surface area contributed by atoms with Crippen LogP contribution in [-0.4, -0.2) is 301 Å². The van der Waals surface area contributed by atoms with Gasteiger partial charge in [-0.05, 0) is 379 Å². The molecule has 11 heterocycles. The van der Waals surface area contributed by atoms with Gasteiger partial charge in [0.15, 0.2) is 12.6 Å². The topological polar surface area (TPSA) is 313 Å². The van der Waals surface area contributed by atoms with E-state index in [4.69, 9.17) is 69.5 Å². The molecular weight excluding hydrogens is 1790 g/mol. The van der Waals surface area contributed by atoms with Crippen molar-refractivity contribution >= 4 is 53.5 Å². The first kappa shape index (κ1) is 118. The van der Waals surface area contributed by atoms with Gasteiger partial charge >= 0.3 is 0 Å². The molecule has 31 nitrogen and oxygen atoms in total. The lowest BCUT2D eigenvalue weighted by molar-refractivity contribution is -0.304. The summed E-state index contributed by atoms with van der Waals surface area (Å²) in [6.07, 6.45) is 31.3. The Hall–Kier alpha value is -5.29. The second-order valence-electron chi connectivity index (χ2n) is 53.3. The van der Waals surface area contributed by atoms with E-state index in [9.17, 15) is 0 Å². The molecule has 3 aromatic rings. The highest BCUT2D eigenvalue weighted by Gasteiger charge is 2.50. The zero-order valence-electron chi connectivity index (χ0n) is 96.7. The molecule has 0 aromatic carbocycles. The predicted octanol–water partition coefficient (Wildman–Crippen LogP) is 18.8. The third kappa shape index (κ3) is 36.8. The molecule has 11 N–H and O–H groups in total. The summed E-state index contributed by atoms with van der Waals surface area (Å²) in [5.41, 5.74) is 5.23. The Labute approximate surface area is 870 Å². The van der Waals surface area contributed by atoms with Gasteiger partial charge in [0.25, 0.3) is 0 Å². The summed E-state index contributed by atoms with van der Waals surface area (Å²) in [4.78, 5) is 70.3. The van der Waals surface area contributed by atoms with E-state index in [2.05, 4.69) is 295 Å². The second-order valence-corrected chi connectivity index (χ2v) is 53.3. The molecular formula is C112H213N27O4. The molecule has 143 heavy (non-hydrogen) atoms. The number of ether oxygens (including phenoxy) is 4. The molecule has 820 valence electrons. The Kier molecular flexibility index (Phi) is 42.3. The van der Waals surface area contributed by atoms with Gasteiger partial charge < -0.3 is 112 Å². The number of anilines is 9. The number of aromatic nitrogens is 9. The first-order chi connectivity index (χ1) is 67.2. The van der Waals surface area contributed by atoms with Crippen molar-refractivity contribution in [3.8, 4) is 0 Å². The zero-order valence-corrected chi connectivity index (χ0v) is 96.7. The van der Waals surface area contributed by atoms with Gasteiger partial charge in [0, 0.05) is 162 Å².